The molecule has 0 amide bonds. The summed E-state index contributed by atoms with van der Waals surface area (Å²) in [5, 5.41) is 0. The second-order valence-corrected chi connectivity index (χ2v) is 15.8. The second-order valence-electron chi connectivity index (χ2n) is 15.8. The van der Waals surface area contributed by atoms with Crippen molar-refractivity contribution >= 4 is 22.6 Å². The van der Waals surface area contributed by atoms with Gasteiger partial charge >= 0.3 is 0 Å². The van der Waals surface area contributed by atoms with E-state index in [2.05, 4.69) is 175 Å². The Kier molecular flexibility index (Phi) is 8.93. The van der Waals surface area contributed by atoms with Gasteiger partial charge in [-0.3, -0.25) is 0 Å². The van der Waals surface area contributed by atoms with E-state index < -0.39 is 0 Å². The van der Waals surface area contributed by atoms with E-state index in [1.54, 1.807) is 0 Å². The molecule has 0 radical (unpaired) electrons. The van der Waals surface area contributed by atoms with Gasteiger partial charge in [0.05, 0.1) is 0 Å². The van der Waals surface area contributed by atoms with Crippen LogP contribution in [0.1, 0.15) is 64.4 Å². The molecule has 4 aliphatic rings. The Balaban J connectivity index is 1.04. The van der Waals surface area contributed by atoms with E-state index in [9.17, 15) is 0 Å². The molecule has 1 aliphatic heterocycles. The molecule has 0 N–H and O–H groups in total. The molecule has 2 heteroatoms. The lowest BCUT2D eigenvalue weighted by atomic mass is 9.77. The van der Waals surface area contributed by atoms with Crippen LogP contribution in [0.4, 0.5) is 17.1 Å². The number of benzene rings is 5. The Morgan fingerprint density at radius 3 is 1.81 bits per heavy atom. The van der Waals surface area contributed by atoms with Gasteiger partial charge < -0.3 is 9.80 Å². The average molecular weight is 679 g/mol. The first kappa shape index (κ1) is 32.8. The molecule has 1 saturated heterocycles. The predicted octanol–water partition coefficient (Wildman–Crippen LogP) is 13.5. The van der Waals surface area contributed by atoms with Crippen LogP contribution in [0, 0.1) is 23.7 Å². The zero-order chi connectivity index (χ0) is 35.0. The van der Waals surface area contributed by atoms with Crippen molar-refractivity contribution in [3.05, 3.63) is 169 Å². The summed E-state index contributed by atoms with van der Waals surface area (Å²) in [5.74, 6) is 2.66. The third-order valence-corrected chi connectivity index (χ3v) is 12.4. The molecule has 5 aromatic carbocycles. The predicted molar refractivity (Wildman–Crippen MR) is 220 cm³/mol. The van der Waals surface area contributed by atoms with Crippen LogP contribution < -0.4 is 9.80 Å². The standard InChI is InChI=1S/C50H50N2/c1-35-17-31-46(36(2)33-35)41-24-28-43(29-25-41)51(42-13-7-4-8-14-42)45-30-32-48-47-15-9-10-16-49(47)52(50(48)34-45)44-26-22-40(23-27-44)39-20-18-38(19-21-39)37-11-5-3-6-12-37/h3-8,11-14,18-31,34-36,47-49H,9-10,15-17,32-33H2,1-2H3. The minimum atomic E-state index is 0.562. The van der Waals surface area contributed by atoms with E-state index in [0.717, 1.165) is 12.3 Å². The molecule has 9 rings (SSSR count). The fourth-order valence-corrected chi connectivity index (χ4v) is 9.83. The molecule has 2 nitrogen and oxygen atoms in total. The Morgan fingerprint density at radius 1 is 0.558 bits per heavy atom. The van der Waals surface area contributed by atoms with Gasteiger partial charge in [-0.25, -0.2) is 0 Å². The molecule has 3 aliphatic carbocycles. The van der Waals surface area contributed by atoms with Gasteiger partial charge in [0.25, 0.3) is 0 Å². The third kappa shape index (κ3) is 6.23. The lowest BCUT2D eigenvalue weighted by molar-refractivity contribution is 0.286. The molecule has 52 heavy (non-hydrogen) atoms. The third-order valence-electron chi connectivity index (χ3n) is 12.4. The van der Waals surface area contributed by atoms with E-state index in [-0.39, 0.29) is 0 Å². The average Bonchev–Trinajstić information content (AvgIpc) is 3.53. The van der Waals surface area contributed by atoms with Crippen molar-refractivity contribution in [1.82, 2.24) is 0 Å². The lowest BCUT2D eigenvalue weighted by Crippen LogP contribution is -2.34. The maximum Gasteiger partial charge on any atom is 0.0461 e. The van der Waals surface area contributed by atoms with Crippen molar-refractivity contribution in [1.29, 1.82) is 0 Å². The zero-order valence-corrected chi connectivity index (χ0v) is 30.7. The smallest absolute Gasteiger partial charge is 0.0461 e. The molecule has 1 saturated carbocycles. The number of hydrogen-bond acceptors (Lipinski definition) is 2. The van der Waals surface area contributed by atoms with E-state index in [1.807, 2.05) is 0 Å². The van der Waals surface area contributed by atoms with Gasteiger partial charge in [0.1, 0.15) is 0 Å². The Morgan fingerprint density at radius 2 is 1.13 bits per heavy atom. The molecule has 1 heterocycles. The van der Waals surface area contributed by atoms with Gasteiger partial charge in [-0.2, -0.15) is 0 Å². The molecule has 5 aromatic rings. The van der Waals surface area contributed by atoms with Crippen LogP contribution in [0.3, 0.4) is 0 Å². The first-order chi connectivity index (χ1) is 25.6. The summed E-state index contributed by atoms with van der Waals surface area (Å²) in [7, 11) is 0. The summed E-state index contributed by atoms with van der Waals surface area (Å²) in [6.45, 7) is 4.77. The minimum absolute atomic E-state index is 0.562. The van der Waals surface area contributed by atoms with E-state index in [1.165, 1.54) is 100 Å². The van der Waals surface area contributed by atoms with E-state index >= 15 is 0 Å². The van der Waals surface area contributed by atoms with Gasteiger partial charge in [0.2, 0.25) is 0 Å². The van der Waals surface area contributed by atoms with Crippen molar-refractivity contribution in [2.75, 3.05) is 9.80 Å². The zero-order valence-electron chi connectivity index (χ0n) is 30.7. The summed E-state index contributed by atoms with van der Waals surface area (Å²) >= 11 is 0. The van der Waals surface area contributed by atoms with Crippen molar-refractivity contribution in [2.24, 2.45) is 23.7 Å². The molecule has 5 atom stereocenters. The fraction of sp³-hybridized carbons (Fsp3) is 0.280. The summed E-state index contributed by atoms with van der Waals surface area (Å²) in [5.41, 5.74) is 14.5. The van der Waals surface area contributed by atoms with Crippen LogP contribution in [0.15, 0.2) is 163 Å². The van der Waals surface area contributed by atoms with E-state index in [4.69, 9.17) is 0 Å². The van der Waals surface area contributed by atoms with Crippen LogP contribution in [0.5, 0.6) is 0 Å². The maximum atomic E-state index is 2.74. The van der Waals surface area contributed by atoms with E-state index in [0.29, 0.717) is 23.8 Å². The number of para-hydroxylation sites is 1. The summed E-state index contributed by atoms with van der Waals surface area (Å²) in [6, 6.07) is 50.0. The highest BCUT2D eigenvalue weighted by molar-refractivity contribution is 5.76. The van der Waals surface area contributed by atoms with Crippen molar-refractivity contribution in [3.63, 3.8) is 0 Å². The van der Waals surface area contributed by atoms with Gasteiger partial charge in [-0.15, -0.1) is 0 Å². The van der Waals surface area contributed by atoms with Crippen LogP contribution in [0.25, 0.3) is 27.8 Å². The van der Waals surface area contributed by atoms with Crippen molar-refractivity contribution in [3.8, 4) is 22.3 Å². The molecule has 2 fully saturated rings. The fourth-order valence-electron chi connectivity index (χ4n) is 9.83. The highest BCUT2D eigenvalue weighted by Gasteiger charge is 2.47. The molecule has 0 spiro atoms. The van der Waals surface area contributed by atoms with Crippen LogP contribution >= 0.6 is 0 Å². The maximum absolute atomic E-state index is 2.74. The molecule has 260 valence electrons. The van der Waals surface area contributed by atoms with Crippen molar-refractivity contribution in [2.45, 2.75) is 64.8 Å². The molecular weight excluding hydrogens is 629 g/mol. The molecule has 0 bridgehead atoms. The minimum Gasteiger partial charge on any atom is -0.341 e. The quantitative estimate of drug-likeness (QED) is 0.169. The largest absolute Gasteiger partial charge is 0.341 e. The number of hydrogen-bond donors (Lipinski definition) is 0. The number of fused-ring (bicyclic) bond motifs is 3. The number of allylic oxidation sites excluding steroid dienone is 5. The summed E-state index contributed by atoms with van der Waals surface area (Å²) in [6.07, 6.45) is 16.4. The number of rotatable bonds is 7. The topological polar surface area (TPSA) is 6.48 Å². The second kappa shape index (κ2) is 14.2. The number of anilines is 3. The van der Waals surface area contributed by atoms with Gasteiger partial charge in [-0.05, 0) is 126 Å². The van der Waals surface area contributed by atoms with Gasteiger partial charge in [0, 0.05) is 40.4 Å². The molecule has 5 unspecified atom stereocenters. The molecular formula is C50H50N2. The Hall–Kier alpha value is -5.08. The van der Waals surface area contributed by atoms with Crippen LogP contribution in [0.2, 0.25) is 0 Å². The monoisotopic (exact) mass is 678 g/mol. The van der Waals surface area contributed by atoms with Crippen LogP contribution in [-0.4, -0.2) is 6.04 Å². The first-order valence-electron chi connectivity index (χ1n) is 19.7. The van der Waals surface area contributed by atoms with Crippen molar-refractivity contribution < 1.29 is 0 Å². The summed E-state index contributed by atoms with van der Waals surface area (Å²) in [4.78, 5) is 5.23. The lowest BCUT2D eigenvalue weighted by Gasteiger charge is -2.34. The normalized spacial score (nSPS) is 23.9. The SMILES string of the molecule is CC1CC=C(c2ccc(N(C3=CCC4C(=C3)N(c3ccc(-c5ccc(-c6ccccc6)cc5)cc3)C3CCCCC43)c3ccccc3)cc2)C(C)C1. The first-order valence-corrected chi connectivity index (χ1v) is 19.7. The van der Waals surface area contributed by atoms with Crippen LogP contribution in [-0.2, 0) is 0 Å². The highest BCUT2D eigenvalue weighted by Crippen LogP contribution is 2.52. The molecule has 0 aromatic heterocycles. The highest BCUT2D eigenvalue weighted by atomic mass is 15.2. The Bertz CT molecular complexity index is 2090. The number of nitrogens with zero attached hydrogens (tertiary/aromatic N) is 2. The van der Waals surface area contributed by atoms with Gasteiger partial charge in [-0.1, -0.05) is 136 Å². The Labute approximate surface area is 310 Å². The summed E-state index contributed by atoms with van der Waals surface area (Å²) < 4.78 is 0. The van der Waals surface area contributed by atoms with Gasteiger partial charge in [0.15, 0.2) is 0 Å².